The van der Waals surface area contributed by atoms with E-state index in [-0.39, 0.29) is 0 Å². The number of nitroso groups, excluding NO2 is 1. The molecule has 0 unspecified atom stereocenters. The van der Waals surface area contributed by atoms with E-state index in [1.54, 1.807) is 6.92 Å². The summed E-state index contributed by atoms with van der Waals surface area (Å²) < 4.78 is 0. The molecule has 0 aromatic rings. The summed E-state index contributed by atoms with van der Waals surface area (Å²) in [5.41, 5.74) is 2.98. The van der Waals surface area contributed by atoms with Gasteiger partial charge >= 0.3 is 0 Å². The molecule has 0 radical (unpaired) electrons. The van der Waals surface area contributed by atoms with Crippen molar-refractivity contribution in [2.45, 2.75) is 34.1 Å². The summed E-state index contributed by atoms with van der Waals surface area (Å²) in [6.45, 7) is 7.85. The molecular weight excluding hydrogens is 138 g/mol. The molecule has 0 aliphatic carbocycles. The largest absolute Gasteiger partial charge is 0.145 e. The molecule has 0 aromatic carbocycles. The van der Waals surface area contributed by atoms with Crippen LogP contribution >= 0.6 is 0 Å². The number of nitrogens with zero attached hydrogens (tertiary/aromatic N) is 1. The van der Waals surface area contributed by atoms with Crippen LogP contribution in [0.1, 0.15) is 34.1 Å². The van der Waals surface area contributed by atoms with Crippen LogP contribution in [0.25, 0.3) is 0 Å². The third kappa shape index (κ3) is 3.71. The van der Waals surface area contributed by atoms with E-state index < -0.39 is 0 Å². The van der Waals surface area contributed by atoms with E-state index in [0.717, 1.165) is 12.0 Å². The van der Waals surface area contributed by atoms with Gasteiger partial charge in [-0.1, -0.05) is 18.1 Å². The van der Waals surface area contributed by atoms with E-state index in [1.165, 1.54) is 5.57 Å². The quantitative estimate of drug-likeness (QED) is 0.451. The van der Waals surface area contributed by atoms with E-state index in [1.807, 2.05) is 13.0 Å². The van der Waals surface area contributed by atoms with Gasteiger partial charge in [-0.05, 0) is 38.4 Å². The Bertz CT molecular complexity index is 202. The lowest BCUT2D eigenvalue weighted by Crippen LogP contribution is -1.79. The van der Waals surface area contributed by atoms with Crippen LogP contribution in [-0.4, -0.2) is 0 Å². The summed E-state index contributed by atoms with van der Waals surface area (Å²) in [5, 5.41) is 2.82. The van der Waals surface area contributed by atoms with Gasteiger partial charge in [0.25, 0.3) is 0 Å². The molecule has 0 spiro atoms. The van der Waals surface area contributed by atoms with E-state index in [4.69, 9.17) is 0 Å². The lowest BCUT2D eigenvalue weighted by molar-refractivity contribution is 1.07. The Morgan fingerprint density at radius 2 is 1.91 bits per heavy atom. The fourth-order valence-corrected chi connectivity index (χ4v) is 0.742. The molecule has 0 heterocycles. The molecule has 11 heavy (non-hydrogen) atoms. The van der Waals surface area contributed by atoms with Crippen molar-refractivity contribution in [3.8, 4) is 0 Å². The van der Waals surface area contributed by atoms with Gasteiger partial charge in [-0.3, -0.25) is 0 Å². The Labute approximate surface area is 68.0 Å². The molecule has 0 saturated carbocycles. The molecule has 2 nitrogen and oxygen atoms in total. The first-order valence-corrected chi connectivity index (χ1v) is 3.79. The van der Waals surface area contributed by atoms with Crippen molar-refractivity contribution in [1.82, 2.24) is 0 Å². The summed E-state index contributed by atoms with van der Waals surface area (Å²) in [5.74, 6) is 0. The van der Waals surface area contributed by atoms with E-state index >= 15 is 0 Å². The number of hydrogen-bond donors (Lipinski definition) is 0. The predicted octanol–water partition coefficient (Wildman–Crippen LogP) is 3.40. The summed E-state index contributed by atoms with van der Waals surface area (Å²) in [6.07, 6.45) is 2.83. The second-order valence-electron chi connectivity index (χ2n) is 2.69. The van der Waals surface area contributed by atoms with E-state index in [0.29, 0.717) is 5.70 Å². The van der Waals surface area contributed by atoms with Crippen molar-refractivity contribution in [3.05, 3.63) is 27.8 Å². The van der Waals surface area contributed by atoms with Gasteiger partial charge in [-0.15, -0.1) is 4.91 Å². The van der Waals surface area contributed by atoms with Crippen LogP contribution in [0.3, 0.4) is 0 Å². The zero-order chi connectivity index (χ0) is 8.85. The average molecular weight is 153 g/mol. The minimum Gasteiger partial charge on any atom is -0.145 e. The van der Waals surface area contributed by atoms with Crippen molar-refractivity contribution in [3.63, 3.8) is 0 Å². The molecule has 0 atom stereocenters. The summed E-state index contributed by atoms with van der Waals surface area (Å²) in [4.78, 5) is 10.0. The molecule has 0 amide bonds. The topological polar surface area (TPSA) is 29.4 Å². The lowest BCUT2D eigenvalue weighted by Gasteiger charge is -1.98. The van der Waals surface area contributed by atoms with Crippen LogP contribution < -0.4 is 0 Å². The van der Waals surface area contributed by atoms with Gasteiger partial charge in [0.05, 0.1) is 5.70 Å². The number of rotatable bonds is 3. The highest BCUT2D eigenvalue weighted by Gasteiger charge is 1.92. The summed E-state index contributed by atoms with van der Waals surface area (Å²) >= 11 is 0. The maximum absolute atomic E-state index is 10.0. The molecule has 0 bridgehead atoms. The van der Waals surface area contributed by atoms with Crippen LogP contribution in [0.15, 0.2) is 28.1 Å². The van der Waals surface area contributed by atoms with Crippen LogP contribution in [0.5, 0.6) is 0 Å². The Morgan fingerprint density at radius 1 is 1.36 bits per heavy atom. The normalized spacial score (nSPS) is 14.4. The molecule has 0 N–H and O–H groups in total. The minimum absolute atomic E-state index is 0.537. The van der Waals surface area contributed by atoms with Gasteiger partial charge in [0.2, 0.25) is 0 Å². The standard InChI is InChI=1S/C9H15NO/c1-5-7(2)8(3)6-9(4)10-11/h6H,5H2,1-4H3/b8-7-,9-6+. The Kier molecular flexibility index (Phi) is 4.42. The first-order chi connectivity index (χ1) is 5.11. The monoisotopic (exact) mass is 153 g/mol. The molecule has 0 aliphatic rings. The molecule has 0 rings (SSSR count). The van der Waals surface area contributed by atoms with Gasteiger partial charge < -0.3 is 0 Å². The second-order valence-corrected chi connectivity index (χ2v) is 2.69. The maximum Gasteiger partial charge on any atom is 0.0820 e. The third-order valence-corrected chi connectivity index (χ3v) is 1.77. The van der Waals surface area contributed by atoms with Crippen molar-refractivity contribution in [2.75, 3.05) is 0 Å². The highest BCUT2D eigenvalue weighted by Crippen LogP contribution is 2.10. The zero-order valence-electron chi connectivity index (χ0n) is 7.64. The fourth-order valence-electron chi connectivity index (χ4n) is 0.742. The van der Waals surface area contributed by atoms with Crippen LogP contribution in [-0.2, 0) is 0 Å². The van der Waals surface area contributed by atoms with E-state index in [2.05, 4.69) is 19.0 Å². The highest BCUT2D eigenvalue weighted by molar-refractivity contribution is 5.24. The molecule has 0 fully saturated rings. The van der Waals surface area contributed by atoms with Crippen molar-refractivity contribution >= 4 is 0 Å². The molecule has 62 valence electrons. The van der Waals surface area contributed by atoms with Crippen molar-refractivity contribution in [1.29, 1.82) is 0 Å². The Hall–Kier alpha value is -0.920. The highest BCUT2D eigenvalue weighted by atomic mass is 16.3. The minimum atomic E-state index is 0.537. The average Bonchev–Trinajstić information content (AvgIpc) is 2.02. The maximum atomic E-state index is 10.0. The predicted molar refractivity (Wildman–Crippen MR) is 48.2 cm³/mol. The van der Waals surface area contributed by atoms with Crippen LogP contribution in [0.4, 0.5) is 0 Å². The lowest BCUT2D eigenvalue weighted by atomic mass is 10.1. The van der Waals surface area contributed by atoms with Crippen LogP contribution in [0.2, 0.25) is 0 Å². The first-order valence-electron chi connectivity index (χ1n) is 3.79. The molecular formula is C9H15NO. The van der Waals surface area contributed by atoms with E-state index in [9.17, 15) is 4.91 Å². The second kappa shape index (κ2) is 4.83. The zero-order valence-corrected chi connectivity index (χ0v) is 7.64. The molecule has 2 heteroatoms. The van der Waals surface area contributed by atoms with Gasteiger partial charge in [0.1, 0.15) is 0 Å². The van der Waals surface area contributed by atoms with Crippen molar-refractivity contribution < 1.29 is 0 Å². The van der Waals surface area contributed by atoms with Gasteiger partial charge in [-0.2, -0.15) is 0 Å². The fraction of sp³-hybridized carbons (Fsp3) is 0.556. The molecule has 0 saturated heterocycles. The Morgan fingerprint density at radius 3 is 2.27 bits per heavy atom. The molecule has 0 aliphatic heterocycles. The third-order valence-electron chi connectivity index (χ3n) is 1.77. The van der Waals surface area contributed by atoms with Gasteiger partial charge in [0.15, 0.2) is 0 Å². The first kappa shape index (κ1) is 10.1. The Balaban J connectivity index is 4.49. The summed E-state index contributed by atoms with van der Waals surface area (Å²) in [6, 6.07) is 0. The summed E-state index contributed by atoms with van der Waals surface area (Å²) in [7, 11) is 0. The van der Waals surface area contributed by atoms with Gasteiger partial charge in [-0.25, -0.2) is 0 Å². The SMILES string of the molecule is CC/C(C)=C(C)\C=C(/C)N=O. The number of allylic oxidation sites excluding steroid dienone is 4. The van der Waals surface area contributed by atoms with Gasteiger partial charge in [0, 0.05) is 0 Å². The smallest absolute Gasteiger partial charge is 0.0820 e. The van der Waals surface area contributed by atoms with Crippen molar-refractivity contribution in [2.24, 2.45) is 5.18 Å². The number of hydrogen-bond acceptors (Lipinski definition) is 2. The van der Waals surface area contributed by atoms with Crippen LogP contribution in [0, 0.1) is 4.91 Å². The molecule has 0 aromatic heterocycles.